The fourth-order valence-corrected chi connectivity index (χ4v) is 2.11. The first-order valence-corrected chi connectivity index (χ1v) is 6.59. The van der Waals surface area contributed by atoms with E-state index < -0.39 is 10.8 Å². The molecule has 0 saturated heterocycles. The van der Waals surface area contributed by atoms with E-state index in [0.29, 0.717) is 5.56 Å². The van der Waals surface area contributed by atoms with Gasteiger partial charge in [-0.25, -0.2) is 0 Å². The summed E-state index contributed by atoms with van der Waals surface area (Å²) in [5, 5.41) is 22.7. The molecule has 20 heavy (non-hydrogen) atoms. The maximum Gasteiger partial charge on any atom is 0.273 e. The molecule has 0 heterocycles. The monoisotopic (exact) mass is 384 g/mol. The van der Waals surface area contributed by atoms with Crippen LogP contribution in [-0.2, 0) is 0 Å². The Morgan fingerprint density at radius 1 is 1.25 bits per heavy atom. The number of hydrogen-bond donors (Lipinski definition) is 2. The van der Waals surface area contributed by atoms with E-state index in [0.717, 1.165) is 9.64 Å². The van der Waals surface area contributed by atoms with Crippen LogP contribution in [0.2, 0.25) is 0 Å². The highest BCUT2D eigenvalue weighted by Crippen LogP contribution is 2.28. The lowest BCUT2D eigenvalue weighted by atomic mass is 10.2. The number of anilines is 1. The molecule has 0 unspecified atom stereocenters. The summed E-state index contributed by atoms with van der Waals surface area (Å²) in [7, 11) is 0. The van der Waals surface area contributed by atoms with E-state index in [1.807, 2.05) is 6.07 Å². The molecule has 0 aliphatic heterocycles. The molecule has 0 aromatic heterocycles. The van der Waals surface area contributed by atoms with E-state index >= 15 is 0 Å². The number of benzene rings is 2. The number of carbonyl (C=O) groups is 1. The molecule has 0 aliphatic carbocycles. The number of phenols is 1. The molecule has 6 nitrogen and oxygen atoms in total. The third-order valence-corrected chi connectivity index (χ3v) is 3.20. The summed E-state index contributed by atoms with van der Waals surface area (Å²) in [6.07, 6.45) is 0. The largest absolute Gasteiger partial charge is 0.506 e. The summed E-state index contributed by atoms with van der Waals surface area (Å²) < 4.78 is 0.906. The van der Waals surface area contributed by atoms with Crippen molar-refractivity contribution in [1.29, 1.82) is 0 Å². The van der Waals surface area contributed by atoms with Crippen molar-refractivity contribution in [3.05, 3.63) is 61.7 Å². The molecule has 102 valence electrons. The van der Waals surface area contributed by atoms with Crippen LogP contribution >= 0.6 is 22.6 Å². The van der Waals surface area contributed by atoms with Gasteiger partial charge in [0.2, 0.25) is 0 Å². The molecule has 7 heteroatoms. The van der Waals surface area contributed by atoms with Crippen molar-refractivity contribution in [3.63, 3.8) is 0 Å². The van der Waals surface area contributed by atoms with Crippen LogP contribution in [0.4, 0.5) is 11.4 Å². The molecule has 1 amide bonds. The molecule has 0 saturated carbocycles. The molecule has 2 rings (SSSR count). The molecule has 2 N–H and O–H groups in total. The minimum atomic E-state index is -0.620. The predicted octanol–water partition coefficient (Wildman–Crippen LogP) is 3.16. The Morgan fingerprint density at radius 2 is 2.00 bits per heavy atom. The number of aromatic hydroxyl groups is 1. The van der Waals surface area contributed by atoms with Crippen molar-refractivity contribution >= 4 is 39.9 Å². The first kappa shape index (κ1) is 14.3. The highest BCUT2D eigenvalue weighted by Gasteiger charge is 2.13. The lowest BCUT2D eigenvalue weighted by Crippen LogP contribution is -2.12. The zero-order valence-electron chi connectivity index (χ0n) is 10.0. The smallest absolute Gasteiger partial charge is 0.273 e. The average Bonchev–Trinajstić information content (AvgIpc) is 2.40. The number of phenolic OH excluding ortho intramolecular Hbond substituents is 1. The van der Waals surface area contributed by atoms with Crippen molar-refractivity contribution in [2.24, 2.45) is 0 Å². The van der Waals surface area contributed by atoms with Gasteiger partial charge in [0.1, 0.15) is 5.75 Å². The minimum absolute atomic E-state index is 0.125. The fourth-order valence-electron chi connectivity index (χ4n) is 1.56. The Hall–Kier alpha value is -2.16. The van der Waals surface area contributed by atoms with E-state index in [1.54, 1.807) is 18.2 Å². The van der Waals surface area contributed by atoms with Gasteiger partial charge in [-0.05, 0) is 46.9 Å². The number of nitrogens with one attached hydrogen (secondary N) is 1. The SMILES string of the molecule is O=C(Nc1ccc([N+](=O)[O-])cc1O)c1cccc(I)c1. The second-order valence-corrected chi connectivity index (χ2v) is 5.17. The Kier molecular flexibility index (Phi) is 4.18. The van der Waals surface area contributed by atoms with Gasteiger partial charge in [-0.3, -0.25) is 14.9 Å². The van der Waals surface area contributed by atoms with E-state index in [4.69, 9.17) is 0 Å². The van der Waals surface area contributed by atoms with Crippen LogP contribution in [0.1, 0.15) is 10.4 Å². The van der Waals surface area contributed by atoms with Crippen LogP contribution in [0.3, 0.4) is 0 Å². The Morgan fingerprint density at radius 3 is 2.60 bits per heavy atom. The number of nitro groups is 1. The van der Waals surface area contributed by atoms with Crippen molar-refractivity contribution in [3.8, 4) is 5.75 Å². The lowest BCUT2D eigenvalue weighted by molar-refractivity contribution is -0.384. The lowest BCUT2D eigenvalue weighted by Gasteiger charge is -2.07. The van der Waals surface area contributed by atoms with Gasteiger partial charge >= 0.3 is 0 Å². The van der Waals surface area contributed by atoms with E-state index in [2.05, 4.69) is 27.9 Å². The molecule has 0 aliphatic rings. The normalized spacial score (nSPS) is 10.1. The van der Waals surface area contributed by atoms with Crippen LogP contribution in [0, 0.1) is 13.7 Å². The summed E-state index contributed by atoms with van der Waals surface area (Å²) in [5.41, 5.74) is 0.323. The van der Waals surface area contributed by atoms with Crippen molar-refractivity contribution in [1.82, 2.24) is 0 Å². The van der Waals surface area contributed by atoms with E-state index in [1.165, 1.54) is 12.1 Å². The van der Waals surface area contributed by atoms with E-state index in [-0.39, 0.29) is 17.1 Å². The Balaban J connectivity index is 2.22. The number of hydrogen-bond acceptors (Lipinski definition) is 4. The first-order valence-electron chi connectivity index (χ1n) is 5.51. The number of non-ortho nitro benzene ring substituents is 1. The predicted molar refractivity (Wildman–Crippen MR) is 81.9 cm³/mol. The van der Waals surface area contributed by atoms with Gasteiger partial charge in [-0.15, -0.1) is 0 Å². The molecule has 2 aromatic carbocycles. The maximum atomic E-state index is 12.0. The van der Waals surface area contributed by atoms with Crippen molar-refractivity contribution in [2.45, 2.75) is 0 Å². The highest BCUT2D eigenvalue weighted by molar-refractivity contribution is 14.1. The van der Waals surface area contributed by atoms with Gasteiger partial charge in [0.25, 0.3) is 11.6 Å². The zero-order chi connectivity index (χ0) is 14.7. The van der Waals surface area contributed by atoms with Crippen LogP contribution in [-0.4, -0.2) is 15.9 Å². The summed E-state index contributed by atoms with van der Waals surface area (Å²) in [6, 6.07) is 10.4. The molecular weight excluding hydrogens is 375 g/mol. The van der Waals surface area contributed by atoms with Gasteiger partial charge < -0.3 is 10.4 Å². The first-order chi connectivity index (χ1) is 9.47. The number of nitro benzene ring substituents is 1. The minimum Gasteiger partial charge on any atom is -0.506 e. The summed E-state index contributed by atoms with van der Waals surface area (Å²) in [6.45, 7) is 0. The average molecular weight is 384 g/mol. The molecule has 0 bridgehead atoms. The topological polar surface area (TPSA) is 92.5 Å². The number of nitrogens with zero attached hydrogens (tertiary/aromatic N) is 1. The summed E-state index contributed by atoms with van der Waals surface area (Å²) in [5.74, 6) is -0.745. The molecular formula is C13H9IN2O4. The fraction of sp³-hybridized carbons (Fsp3) is 0. The van der Waals surface area contributed by atoms with Crippen molar-refractivity contribution in [2.75, 3.05) is 5.32 Å². The molecule has 0 spiro atoms. The zero-order valence-corrected chi connectivity index (χ0v) is 12.2. The molecule has 2 aromatic rings. The maximum absolute atomic E-state index is 12.0. The number of amides is 1. The third kappa shape index (κ3) is 3.23. The standard InChI is InChI=1S/C13H9IN2O4/c14-9-3-1-2-8(6-9)13(18)15-11-5-4-10(16(19)20)7-12(11)17/h1-7,17H,(H,15,18). The second kappa shape index (κ2) is 5.87. The van der Waals surface area contributed by atoms with Gasteiger partial charge in [-0.2, -0.15) is 0 Å². The quantitative estimate of drug-likeness (QED) is 0.368. The molecule has 0 atom stereocenters. The molecule has 0 radical (unpaired) electrons. The summed E-state index contributed by atoms with van der Waals surface area (Å²) in [4.78, 5) is 21.9. The van der Waals surface area contributed by atoms with Crippen LogP contribution in [0.25, 0.3) is 0 Å². The van der Waals surface area contributed by atoms with Gasteiger partial charge in [0.15, 0.2) is 0 Å². The van der Waals surface area contributed by atoms with Crippen LogP contribution < -0.4 is 5.32 Å². The Labute approximate surface area is 127 Å². The Bertz CT molecular complexity index is 688. The highest BCUT2D eigenvalue weighted by atomic mass is 127. The number of rotatable bonds is 3. The van der Waals surface area contributed by atoms with Crippen LogP contribution in [0.5, 0.6) is 5.75 Å². The van der Waals surface area contributed by atoms with Gasteiger partial charge in [-0.1, -0.05) is 6.07 Å². The van der Waals surface area contributed by atoms with Crippen LogP contribution in [0.15, 0.2) is 42.5 Å². The second-order valence-electron chi connectivity index (χ2n) is 3.92. The summed E-state index contributed by atoms with van der Waals surface area (Å²) >= 11 is 2.08. The number of halogens is 1. The van der Waals surface area contributed by atoms with Gasteiger partial charge in [0.05, 0.1) is 16.7 Å². The number of carbonyl (C=O) groups excluding carboxylic acids is 1. The van der Waals surface area contributed by atoms with Crippen molar-refractivity contribution < 1.29 is 14.8 Å². The third-order valence-electron chi connectivity index (χ3n) is 2.53. The molecule has 0 fully saturated rings. The van der Waals surface area contributed by atoms with Gasteiger partial charge in [0, 0.05) is 15.2 Å². The van der Waals surface area contributed by atoms with E-state index in [9.17, 15) is 20.0 Å².